The van der Waals surface area contributed by atoms with Crippen LogP contribution in [0.4, 0.5) is 11.5 Å². The van der Waals surface area contributed by atoms with E-state index < -0.39 is 0 Å². The van der Waals surface area contributed by atoms with Crippen molar-refractivity contribution in [1.82, 2.24) is 4.98 Å². The van der Waals surface area contributed by atoms with Crippen LogP contribution in [0.15, 0.2) is 53.1 Å². The number of hydrogen-bond donors (Lipinski definition) is 1. The number of pyridine rings is 1. The van der Waals surface area contributed by atoms with Gasteiger partial charge in [0.25, 0.3) is 0 Å². The molecular formula is C18H16BrN3O2. The molecule has 1 aliphatic rings. The second-order valence-corrected chi connectivity index (χ2v) is 6.34. The van der Waals surface area contributed by atoms with Crippen LogP contribution in [0.5, 0.6) is 0 Å². The second kappa shape index (κ2) is 7.40. The number of aromatic nitrogens is 1. The Kier molecular flexibility index (Phi) is 5.05. The SMILES string of the molecule is O=C(/C=C/c1ccc(N2CCCC2=O)cc1)Nc1ccc(Br)cn1. The molecule has 1 N–H and O–H groups in total. The zero-order valence-corrected chi connectivity index (χ0v) is 14.5. The molecule has 0 radical (unpaired) electrons. The van der Waals surface area contributed by atoms with E-state index in [1.807, 2.05) is 30.3 Å². The van der Waals surface area contributed by atoms with Gasteiger partial charge in [-0.25, -0.2) is 4.98 Å². The number of amides is 2. The average Bonchev–Trinajstić information content (AvgIpc) is 3.02. The van der Waals surface area contributed by atoms with Crippen molar-refractivity contribution in [2.24, 2.45) is 0 Å². The summed E-state index contributed by atoms with van der Waals surface area (Å²) in [7, 11) is 0. The predicted octanol–water partition coefficient (Wildman–Crippen LogP) is 3.62. The lowest BCUT2D eigenvalue weighted by atomic mass is 10.2. The molecule has 5 nitrogen and oxygen atoms in total. The van der Waals surface area contributed by atoms with E-state index in [4.69, 9.17) is 0 Å². The Balaban J connectivity index is 1.60. The molecule has 1 aliphatic heterocycles. The number of benzene rings is 1. The van der Waals surface area contributed by atoms with Crippen molar-refractivity contribution < 1.29 is 9.59 Å². The van der Waals surface area contributed by atoms with Crippen molar-refractivity contribution >= 4 is 45.3 Å². The van der Waals surface area contributed by atoms with Crippen molar-refractivity contribution in [3.63, 3.8) is 0 Å². The number of nitrogens with zero attached hydrogens (tertiary/aromatic N) is 2. The van der Waals surface area contributed by atoms with E-state index in [2.05, 4.69) is 26.2 Å². The van der Waals surface area contributed by atoms with Crippen molar-refractivity contribution in [3.05, 3.63) is 58.7 Å². The summed E-state index contributed by atoms with van der Waals surface area (Å²) in [6.45, 7) is 0.774. The Morgan fingerprint density at radius 1 is 1.21 bits per heavy atom. The van der Waals surface area contributed by atoms with Crippen LogP contribution < -0.4 is 10.2 Å². The summed E-state index contributed by atoms with van der Waals surface area (Å²) in [4.78, 5) is 29.5. The third-order valence-corrected chi connectivity index (χ3v) is 4.15. The lowest BCUT2D eigenvalue weighted by Gasteiger charge is -2.15. The minimum atomic E-state index is -0.247. The molecule has 3 rings (SSSR count). The van der Waals surface area contributed by atoms with E-state index in [9.17, 15) is 9.59 Å². The topological polar surface area (TPSA) is 62.3 Å². The van der Waals surface area contributed by atoms with Gasteiger partial charge in [-0.2, -0.15) is 0 Å². The summed E-state index contributed by atoms with van der Waals surface area (Å²) < 4.78 is 0.854. The van der Waals surface area contributed by atoms with E-state index in [1.165, 1.54) is 6.08 Å². The maximum absolute atomic E-state index is 11.9. The Morgan fingerprint density at radius 3 is 2.62 bits per heavy atom. The van der Waals surface area contributed by atoms with Crippen LogP contribution in [0.2, 0.25) is 0 Å². The first kappa shape index (κ1) is 16.4. The van der Waals surface area contributed by atoms with Crippen LogP contribution in [0, 0.1) is 0 Å². The van der Waals surface area contributed by atoms with Gasteiger partial charge in [-0.05, 0) is 58.3 Å². The normalized spacial score (nSPS) is 14.4. The number of rotatable bonds is 4. The predicted molar refractivity (Wildman–Crippen MR) is 97.6 cm³/mol. The third-order valence-electron chi connectivity index (χ3n) is 3.68. The maximum Gasteiger partial charge on any atom is 0.249 e. The number of carbonyl (C=O) groups excluding carboxylic acids is 2. The van der Waals surface area contributed by atoms with Crippen LogP contribution >= 0.6 is 15.9 Å². The number of halogens is 1. The fourth-order valence-corrected chi connectivity index (χ4v) is 2.71. The molecule has 1 aromatic heterocycles. The Labute approximate surface area is 148 Å². The van der Waals surface area contributed by atoms with E-state index >= 15 is 0 Å². The molecule has 1 fully saturated rings. The van der Waals surface area contributed by atoms with E-state index in [1.54, 1.807) is 23.2 Å². The summed E-state index contributed by atoms with van der Waals surface area (Å²) in [6.07, 6.45) is 6.33. The summed E-state index contributed by atoms with van der Waals surface area (Å²) in [5.41, 5.74) is 1.79. The molecule has 0 saturated carbocycles. The maximum atomic E-state index is 11.9. The Morgan fingerprint density at radius 2 is 2.00 bits per heavy atom. The van der Waals surface area contributed by atoms with Gasteiger partial charge in [-0.15, -0.1) is 0 Å². The fraction of sp³-hybridized carbons (Fsp3) is 0.167. The number of anilines is 2. The highest BCUT2D eigenvalue weighted by atomic mass is 79.9. The first-order valence-electron chi connectivity index (χ1n) is 7.63. The molecule has 0 bridgehead atoms. The lowest BCUT2D eigenvalue weighted by Crippen LogP contribution is -2.23. The molecule has 1 saturated heterocycles. The number of carbonyl (C=O) groups is 2. The van der Waals surface area contributed by atoms with Gasteiger partial charge >= 0.3 is 0 Å². The van der Waals surface area contributed by atoms with Gasteiger partial charge in [0, 0.05) is 35.4 Å². The van der Waals surface area contributed by atoms with Crippen LogP contribution in [-0.2, 0) is 9.59 Å². The quantitative estimate of drug-likeness (QED) is 0.817. The molecule has 2 heterocycles. The standard InChI is InChI=1S/C18H16BrN3O2/c19-14-6-9-16(20-12-14)21-17(23)10-5-13-3-7-15(8-4-13)22-11-1-2-18(22)24/h3-10,12H,1-2,11H2,(H,20,21,23)/b10-5+. The first-order valence-corrected chi connectivity index (χ1v) is 8.42. The molecule has 2 aromatic rings. The first-order chi connectivity index (χ1) is 11.6. The van der Waals surface area contributed by atoms with Crippen molar-refractivity contribution in [1.29, 1.82) is 0 Å². The highest BCUT2D eigenvalue weighted by Gasteiger charge is 2.21. The monoisotopic (exact) mass is 385 g/mol. The zero-order chi connectivity index (χ0) is 16.9. The molecule has 0 spiro atoms. The van der Waals surface area contributed by atoms with Crippen LogP contribution in [0.1, 0.15) is 18.4 Å². The highest BCUT2D eigenvalue weighted by molar-refractivity contribution is 9.10. The molecule has 2 amide bonds. The molecule has 24 heavy (non-hydrogen) atoms. The van der Waals surface area contributed by atoms with Gasteiger partial charge in [0.2, 0.25) is 11.8 Å². The van der Waals surface area contributed by atoms with Gasteiger partial charge in [-0.3, -0.25) is 9.59 Å². The average molecular weight is 386 g/mol. The third kappa shape index (κ3) is 4.08. The minimum Gasteiger partial charge on any atom is -0.312 e. The van der Waals surface area contributed by atoms with Gasteiger partial charge in [0.05, 0.1) is 0 Å². The van der Waals surface area contributed by atoms with Gasteiger partial charge in [0.1, 0.15) is 5.82 Å². The van der Waals surface area contributed by atoms with Gasteiger partial charge in [-0.1, -0.05) is 12.1 Å². The fourth-order valence-electron chi connectivity index (χ4n) is 2.48. The van der Waals surface area contributed by atoms with Crippen molar-refractivity contribution in [2.75, 3.05) is 16.8 Å². The van der Waals surface area contributed by atoms with Crippen molar-refractivity contribution in [3.8, 4) is 0 Å². The Hall–Kier alpha value is -2.47. The summed E-state index contributed by atoms with van der Waals surface area (Å²) in [5.74, 6) is 0.416. The molecule has 1 aromatic carbocycles. The summed E-state index contributed by atoms with van der Waals surface area (Å²) >= 11 is 3.29. The molecular weight excluding hydrogens is 370 g/mol. The Bertz CT molecular complexity index is 770. The van der Waals surface area contributed by atoms with E-state index in [0.29, 0.717) is 12.2 Å². The van der Waals surface area contributed by atoms with Gasteiger partial charge in [0.15, 0.2) is 0 Å². The minimum absolute atomic E-state index is 0.166. The van der Waals surface area contributed by atoms with E-state index in [-0.39, 0.29) is 11.8 Å². The summed E-state index contributed by atoms with van der Waals surface area (Å²) in [6, 6.07) is 11.1. The molecule has 122 valence electrons. The molecule has 6 heteroatoms. The van der Waals surface area contributed by atoms with E-state index in [0.717, 1.165) is 28.7 Å². The number of nitrogens with one attached hydrogen (secondary N) is 1. The number of hydrogen-bond acceptors (Lipinski definition) is 3. The molecule has 0 unspecified atom stereocenters. The smallest absolute Gasteiger partial charge is 0.249 e. The zero-order valence-electron chi connectivity index (χ0n) is 12.9. The second-order valence-electron chi connectivity index (χ2n) is 5.42. The van der Waals surface area contributed by atoms with Crippen LogP contribution in [0.25, 0.3) is 6.08 Å². The highest BCUT2D eigenvalue weighted by Crippen LogP contribution is 2.21. The van der Waals surface area contributed by atoms with Gasteiger partial charge < -0.3 is 10.2 Å². The van der Waals surface area contributed by atoms with Crippen LogP contribution in [0.3, 0.4) is 0 Å². The largest absolute Gasteiger partial charge is 0.312 e. The lowest BCUT2D eigenvalue weighted by molar-refractivity contribution is -0.117. The molecule has 0 atom stereocenters. The molecule has 0 aliphatic carbocycles. The van der Waals surface area contributed by atoms with Crippen LogP contribution in [-0.4, -0.2) is 23.3 Å². The summed E-state index contributed by atoms with van der Waals surface area (Å²) in [5, 5.41) is 2.69. The van der Waals surface area contributed by atoms with Crippen molar-refractivity contribution in [2.45, 2.75) is 12.8 Å².